The first-order valence-electron chi connectivity index (χ1n) is 7.30. The first kappa shape index (κ1) is 16.6. The number of aliphatic hydroxyl groups is 1. The van der Waals surface area contributed by atoms with Crippen molar-refractivity contribution < 1.29 is 14.6 Å². The molecule has 0 bridgehead atoms. The number of aromatic nitrogens is 2. The number of hydrogen-bond donors (Lipinski definition) is 2. The van der Waals surface area contributed by atoms with Crippen LogP contribution >= 0.6 is 11.3 Å². The Bertz CT molecular complexity index is 665. The van der Waals surface area contributed by atoms with E-state index < -0.39 is 0 Å². The number of rotatable bonds is 6. The Hall–Kier alpha value is -1.73. The summed E-state index contributed by atoms with van der Waals surface area (Å²) in [6, 6.07) is -0.0801. The SMILES string of the molecule is CCC(CO)Nc1ncnc2sc(C(=O)OC(C)C)c(C)c12. The van der Waals surface area contributed by atoms with E-state index in [2.05, 4.69) is 15.3 Å². The molecule has 1 atom stereocenters. The van der Waals surface area contributed by atoms with E-state index in [1.807, 2.05) is 27.7 Å². The van der Waals surface area contributed by atoms with E-state index in [0.717, 1.165) is 22.2 Å². The molecular weight excluding hydrogens is 302 g/mol. The second kappa shape index (κ2) is 7.02. The molecule has 2 heterocycles. The van der Waals surface area contributed by atoms with Crippen molar-refractivity contribution in [2.45, 2.75) is 46.3 Å². The van der Waals surface area contributed by atoms with Gasteiger partial charge in [0, 0.05) is 0 Å². The molecule has 0 aromatic carbocycles. The molecule has 2 N–H and O–H groups in total. The van der Waals surface area contributed by atoms with Crippen LogP contribution in [0.1, 0.15) is 42.4 Å². The lowest BCUT2D eigenvalue weighted by Gasteiger charge is -2.15. The van der Waals surface area contributed by atoms with E-state index in [1.54, 1.807) is 0 Å². The van der Waals surface area contributed by atoms with Gasteiger partial charge in [-0.3, -0.25) is 0 Å². The second-order valence-corrected chi connectivity index (χ2v) is 6.34. The normalized spacial score (nSPS) is 12.6. The number of aliphatic hydroxyl groups excluding tert-OH is 1. The van der Waals surface area contributed by atoms with Gasteiger partial charge in [0.1, 0.15) is 21.9 Å². The Kier molecular flexibility index (Phi) is 5.31. The minimum absolute atomic E-state index is 0.0213. The lowest BCUT2D eigenvalue weighted by Crippen LogP contribution is -2.23. The largest absolute Gasteiger partial charge is 0.459 e. The smallest absolute Gasteiger partial charge is 0.348 e. The third-order valence-electron chi connectivity index (χ3n) is 3.31. The van der Waals surface area contributed by atoms with Crippen LogP contribution in [0.5, 0.6) is 0 Å². The molecule has 0 amide bonds. The quantitative estimate of drug-likeness (QED) is 0.795. The monoisotopic (exact) mass is 323 g/mol. The Morgan fingerprint density at radius 1 is 1.45 bits per heavy atom. The van der Waals surface area contributed by atoms with Crippen LogP contribution in [0.2, 0.25) is 0 Å². The number of anilines is 1. The summed E-state index contributed by atoms with van der Waals surface area (Å²) in [4.78, 5) is 22.0. The molecular formula is C15H21N3O3S. The minimum Gasteiger partial charge on any atom is -0.459 e. The predicted octanol–water partition coefficient (Wildman–Crippen LogP) is 2.75. The highest BCUT2D eigenvalue weighted by atomic mass is 32.1. The zero-order valence-electron chi connectivity index (χ0n) is 13.2. The van der Waals surface area contributed by atoms with Gasteiger partial charge in [-0.05, 0) is 32.8 Å². The molecule has 0 saturated carbocycles. The number of fused-ring (bicyclic) bond motifs is 1. The van der Waals surface area contributed by atoms with Crippen LogP contribution in [0.25, 0.3) is 10.2 Å². The Labute approximate surface area is 133 Å². The molecule has 2 aromatic heterocycles. The zero-order chi connectivity index (χ0) is 16.3. The third-order valence-corrected chi connectivity index (χ3v) is 4.49. The number of carbonyl (C=O) groups excluding carboxylic acids is 1. The van der Waals surface area contributed by atoms with Gasteiger partial charge in [-0.1, -0.05) is 6.92 Å². The standard InChI is InChI=1S/C15H21N3O3S/c1-5-10(6-19)18-13-11-9(4)12(15(20)21-8(2)3)22-14(11)17-7-16-13/h7-8,10,19H,5-6H2,1-4H3,(H,16,17,18). The van der Waals surface area contributed by atoms with Crippen LogP contribution in [0, 0.1) is 6.92 Å². The summed E-state index contributed by atoms with van der Waals surface area (Å²) in [6.07, 6.45) is 2.06. The number of nitrogens with one attached hydrogen (secondary N) is 1. The molecule has 2 aromatic rings. The number of hydrogen-bond acceptors (Lipinski definition) is 7. The highest BCUT2D eigenvalue weighted by Gasteiger charge is 2.21. The van der Waals surface area contributed by atoms with Crippen molar-refractivity contribution in [1.82, 2.24) is 9.97 Å². The molecule has 0 aliphatic rings. The van der Waals surface area contributed by atoms with Gasteiger partial charge in [-0.2, -0.15) is 0 Å². The van der Waals surface area contributed by atoms with Gasteiger partial charge in [-0.15, -0.1) is 11.3 Å². The van der Waals surface area contributed by atoms with Crippen molar-refractivity contribution in [2.75, 3.05) is 11.9 Å². The highest BCUT2D eigenvalue weighted by Crippen LogP contribution is 2.34. The molecule has 2 rings (SSSR count). The second-order valence-electron chi connectivity index (χ2n) is 5.34. The average molecular weight is 323 g/mol. The number of carbonyl (C=O) groups is 1. The molecule has 120 valence electrons. The maximum absolute atomic E-state index is 12.2. The van der Waals surface area contributed by atoms with Crippen molar-refractivity contribution in [3.63, 3.8) is 0 Å². The molecule has 0 radical (unpaired) electrons. The molecule has 0 fully saturated rings. The minimum atomic E-state index is -0.337. The fourth-order valence-electron chi connectivity index (χ4n) is 2.11. The van der Waals surface area contributed by atoms with Crippen molar-refractivity contribution in [3.8, 4) is 0 Å². The summed E-state index contributed by atoms with van der Waals surface area (Å²) < 4.78 is 5.27. The van der Waals surface area contributed by atoms with Crippen LogP contribution in [0.3, 0.4) is 0 Å². The molecule has 0 aliphatic heterocycles. The van der Waals surface area contributed by atoms with E-state index in [1.165, 1.54) is 17.7 Å². The topological polar surface area (TPSA) is 84.3 Å². The summed E-state index contributed by atoms with van der Waals surface area (Å²) >= 11 is 1.30. The van der Waals surface area contributed by atoms with Gasteiger partial charge in [0.15, 0.2) is 0 Å². The summed E-state index contributed by atoms with van der Waals surface area (Å²) in [6.45, 7) is 7.51. The van der Waals surface area contributed by atoms with Crippen LogP contribution in [0.15, 0.2) is 6.33 Å². The number of ether oxygens (including phenoxy) is 1. The molecule has 0 saturated heterocycles. The first-order valence-corrected chi connectivity index (χ1v) is 8.12. The van der Waals surface area contributed by atoms with Gasteiger partial charge in [0.05, 0.1) is 24.1 Å². The Balaban J connectivity index is 2.44. The van der Waals surface area contributed by atoms with Crippen LogP contribution in [-0.2, 0) is 4.74 Å². The molecule has 0 aliphatic carbocycles. The van der Waals surface area contributed by atoms with E-state index in [9.17, 15) is 9.90 Å². The number of aryl methyl sites for hydroxylation is 1. The first-order chi connectivity index (χ1) is 10.5. The van der Waals surface area contributed by atoms with Gasteiger partial charge < -0.3 is 15.2 Å². The van der Waals surface area contributed by atoms with Crippen LogP contribution in [-0.4, -0.2) is 39.8 Å². The van der Waals surface area contributed by atoms with Crippen molar-refractivity contribution >= 4 is 33.3 Å². The Morgan fingerprint density at radius 2 is 2.18 bits per heavy atom. The number of nitrogens with zero attached hydrogens (tertiary/aromatic N) is 2. The molecule has 0 spiro atoms. The fourth-order valence-corrected chi connectivity index (χ4v) is 3.15. The van der Waals surface area contributed by atoms with Gasteiger partial charge in [-0.25, -0.2) is 14.8 Å². The van der Waals surface area contributed by atoms with E-state index >= 15 is 0 Å². The summed E-state index contributed by atoms with van der Waals surface area (Å²) in [7, 11) is 0. The maximum atomic E-state index is 12.2. The van der Waals surface area contributed by atoms with Crippen LogP contribution < -0.4 is 5.32 Å². The van der Waals surface area contributed by atoms with Gasteiger partial charge >= 0.3 is 5.97 Å². The lowest BCUT2D eigenvalue weighted by atomic mass is 10.2. The predicted molar refractivity (Wildman–Crippen MR) is 87.5 cm³/mol. The van der Waals surface area contributed by atoms with E-state index in [-0.39, 0.29) is 24.7 Å². The third kappa shape index (κ3) is 3.36. The average Bonchev–Trinajstić information content (AvgIpc) is 2.82. The van der Waals surface area contributed by atoms with E-state index in [0.29, 0.717) is 10.7 Å². The Morgan fingerprint density at radius 3 is 2.77 bits per heavy atom. The summed E-state index contributed by atoms with van der Waals surface area (Å²) in [5.41, 5.74) is 0.807. The molecule has 6 nitrogen and oxygen atoms in total. The summed E-state index contributed by atoms with van der Waals surface area (Å²) in [5.74, 6) is 0.305. The number of thiophene rings is 1. The molecule has 1 unspecified atom stereocenters. The number of esters is 1. The van der Waals surface area contributed by atoms with Crippen molar-refractivity contribution in [2.24, 2.45) is 0 Å². The summed E-state index contributed by atoms with van der Waals surface area (Å²) in [5, 5.41) is 13.4. The fraction of sp³-hybridized carbons (Fsp3) is 0.533. The maximum Gasteiger partial charge on any atom is 0.348 e. The zero-order valence-corrected chi connectivity index (χ0v) is 14.0. The highest BCUT2D eigenvalue weighted by molar-refractivity contribution is 7.20. The van der Waals surface area contributed by atoms with Gasteiger partial charge in [0.2, 0.25) is 0 Å². The lowest BCUT2D eigenvalue weighted by molar-refractivity contribution is 0.0383. The van der Waals surface area contributed by atoms with Crippen LogP contribution in [0.4, 0.5) is 5.82 Å². The van der Waals surface area contributed by atoms with Gasteiger partial charge in [0.25, 0.3) is 0 Å². The molecule has 22 heavy (non-hydrogen) atoms. The molecule has 7 heteroatoms. The van der Waals surface area contributed by atoms with Crippen molar-refractivity contribution in [1.29, 1.82) is 0 Å². The van der Waals surface area contributed by atoms with E-state index in [4.69, 9.17) is 4.74 Å². The van der Waals surface area contributed by atoms with Crippen molar-refractivity contribution in [3.05, 3.63) is 16.8 Å².